The van der Waals surface area contributed by atoms with E-state index in [-0.39, 0.29) is 6.10 Å². The first-order valence-electron chi connectivity index (χ1n) is 10.1. The molecule has 1 fully saturated rings. The van der Waals surface area contributed by atoms with Crippen LogP contribution in [0.3, 0.4) is 0 Å². The lowest BCUT2D eigenvalue weighted by Gasteiger charge is -2.26. The van der Waals surface area contributed by atoms with E-state index in [2.05, 4.69) is 34.6 Å². The maximum absolute atomic E-state index is 9.71. The molecule has 0 bridgehead atoms. The Kier molecular flexibility index (Phi) is 4.56. The number of ether oxygens (including phenoxy) is 1. The van der Waals surface area contributed by atoms with Crippen LogP contribution in [0.1, 0.15) is 25.7 Å². The van der Waals surface area contributed by atoms with Gasteiger partial charge in [-0.1, -0.05) is 18.2 Å². The number of methoxy groups -OCH3 is 1. The zero-order valence-corrected chi connectivity index (χ0v) is 16.4. The number of hydrogen-bond acceptors (Lipinski definition) is 5. The summed E-state index contributed by atoms with van der Waals surface area (Å²) in [5.74, 6) is 1.69. The minimum Gasteiger partial charge on any atom is -0.497 e. The first-order valence-corrected chi connectivity index (χ1v) is 10.1. The molecule has 5 rings (SSSR count). The molecule has 6 heteroatoms. The molecule has 1 aliphatic rings. The first-order chi connectivity index (χ1) is 14.2. The highest BCUT2D eigenvalue weighted by Gasteiger charge is 2.19. The van der Waals surface area contributed by atoms with Crippen molar-refractivity contribution in [2.45, 2.75) is 37.8 Å². The molecule has 0 aliphatic heterocycles. The van der Waals surface area contributed by atoms with E-state index in [4.69, 9.17) is 9.84 Å². The van der Waals surface area contributed by atoms with Crippen LogP contribution in [-0.4, -0.2) is 39.0 Å². The van der Waals surface area contributed by atoms with Crippen molar-refractivity contribution < 1.29 is 9.84 Å². The lowest BCUT2D eigenvalue weighted by molar-refractivity contribution is 0.126. The summed E-state index contributed by atoms with van der Waals surface area (Å²) in [6.45, 7) is 0. The van der Waals surface area contributed by atoms with Gasteiger partial charge in [0.1, 0.15) is 11.6 Å². The largest absolute Gasteiger partial charge is 0.497 e. The number of fused-ring (bicyclic) bond motifs is 2. The van der Waals surface area contributed by atoms with Gasteiger partial charge in [-0.3, -0.25) is 0 Å². The summed E-state index contributed by atoms with van der Waals surface area (Å²) in [5.41, 5.74) is 2.85. The van der Waals surface area contributed by atoms with Crippen LogP contribution in [0.15, 0.2) is 54.7 Å². The molecule has 0 amide bonds. The summed E-state index contributed by atoms with van der Waals surface area (Å²) in [4.78, 5) is 4.52. The third-order valence-corrected chi connectivity index (χ3v) is 5.75. The van der Waals surface area contributed by atoms with Crippen molar-refractivity contribution in [3.63, 3.8) is 0 Å². The van der Waals surface area contributed by atoms with Gasteiger partial charge < -0.3 is 15.2 Å². The summed E-state index contributed by atoms with van der Waals surface area (Å²) >= 11 is 0. The van der Waals surface area contributed by atoms with Crippen molar-refractivity contribution in [1.82, 2.24) is 14.6 Å². The number of nitrogens with one attached hydrogen (secondary N) is 1. The van der Waals surface area contributed by atoms with Gasteiger partial charge in [0.05, 0.1) is 25.1 Å². The number of imidazole rings is 1. The second kappa shape index (κ2) is 7.37. The number of hydrogen-bond donors (Lipinski definition) is 2. The number of aliphatic hydroxyl groups is 1. The molecule has 6 nitrogen and oxygen atoms in total. The van der Waals surface area contributed by atoms with E-state index in [0.717, 1.165) is 64.9 Å². The molecule has 1 aliphatic carbocycles. The Labute approximate surface area is 169 Å². The predicted octanol–water partition coefficient (Wildman–Crippen LogP) is 4.27. The molecule has 2 aromatic heterocycles. The highest BCUT2D eigenvalue weighted by Crippen LogP contribution is 2.28. The molecule has 0 atom stereocenters. The van der Waals surface area contributed by atoms with Crippen molar-refractivity contribution in [2.24, 2.45) is 0 Å². The maximum atomic E-state index is 9.71. The zero-order valence-electron chi connectivity index (χ0n) is 16.4. The van der Waals surface area contributed by atoms with Crippen LogP contribution in [0.4, 0.5) is 5.82 Å². The molecule has 1 saturated carbocycles. The standard InChI is InChI=1S/C23H24N4O2/c1-29-20-9-4-15-12-17(3-2-16(15)13-20)21-14-24-23-11-10-22(26-27(21)23)25-18-5-7-19(28)8-6-18/h2-4,9-14,18-19,28H,5-8H2,1H3,(H,25,26). The van der Waals surface area contributed by atoms with Gasteiger partial charge in [0.15, 0.2) is 5.65 Å². The number of anilines is 1. The average molecular weight is 388 g/mol. The normalized spacial score (nSPS) is 19.5. The molecular weight excluding hydrogens is 364 g/mol. The second-order valence-corrected chi connectivity index (χ2v) is 7.71. The molecule has 2 heterocycles. The summed E-state index contributed by atoms with van der Waals surface area (Å²) in [7, 11) is 1.68. The minimum atomic E-state index is -0.156. The summed E-state index contributed by atoms with van der Waals surface area (Å²) < 4.78 is 7.21. The minimum absolute atomic E-state index is 0.156. The van der Waals surface area contributed by atoms with E-state index in [1.807, 2.05) is 35.0 Å². The third kappa shape index (κ3) is 3.51. The quantitative estimate of drug-likeness (QED) is 0.546. The van der Waals surface area contributed by atoms with E-state index in [0.29, 0.717) is 6.04 Å². The molecule has 0 unspecified atom stereocenters. The Hall–Kier alpha value is -3.12. The van der Waals surface area contributed by atoms with E-state index in [9.17, 15) is 5.11 Å². The zero-order chi connectivity index (χ0) is 19.8. The number of aliphatic hydroxyl groups excluding tert-OH is 1. The van der Waals surface area contributed by atoms with Crippen LogP contribution < -0.4 is 10.1 Å². The van der Waals surface area contributed by atoms with Gasteiger partial charge in [-0.25, -0.2) is 9.50 Å². The Bertz CT molecular complexity index is 1160. The van der Waals surface area contributed by atoms with E-state index < -0.39 is 0 Å². The van der Waals surface area contributed by atoms with E-state index in [1.54, 1.807) is 7.11 Å². The van der Waals surface area contributed by atoms with Gasteiger partial charge in [0, 0.05) is 11.6 Å². The Morgan fingerprint density at radius 2 is 1.79 bits per heavy atom. The average Bonchev–Trinajstić information content (AvgIpc) is 3.18. The number of benzene rings is 2. The van der Waals surface area contributed by atoms with Gasteiger partial charge in [-0.15, -0.1) is 5.10 Å². The molecule has 29 heavy (non-hydrogen) atoms. The molecule has 0 spiro atoms. The van der Waals surface area contributed by atoms with Crippen molar-refractivity contribution in [3.05, 3.63) is 54.7 Å². The van der Waals surface area contributed by atoms with Crippen molar-refractivity contribution in [3.8, 4) is 17.0 Å². The lowest BCUT2D eigenvalue weighted by atomic mass is 9.93. The van der Waals surface area contributed by atoms with Crippen LogP contribution in [-0.2, 0) is 0 Å². The van der Waals surface area contributed by atoms with Crippen molar-refractivity contribution >= 4 is 22.2 Å². The van der Waals surface area contributed by atoms with Crippen LogP contribution >= 0.6 is 0 Å². The smallest absolute Gasteiger partial charge is 0.154 e. The monoisotopic (exact) mass is 388 g/mol. The van der Waals surface area contributed by atoms with Crippen LogP contribution in [0.2, 0.25) is 0 Å². The van der Waals surface area contributed by atoms with Crippen LogP contribution in [0, 0.1) is 0 Å². The molecular formula is C23H24N4O2. The Balaban J connectivity index is 1.47. The molecule has 4 aromatic rings. The van der Waals surface area contributed by atoms with Crippen molar-refractivity contribution in [2.75, 3.05) is 12.4 Å². The van der Waals surface area contributed by atoms with Gasteiger partial charge in [-0.2, -0.15) is 0 Å². The predicted molar refractivity (Wildman–Crippen MR) is 114 cm³/mol. The summed E-state index contributed by atoms with van der Waals surface area (Å²) in [5, 5.41) is 20.3. The maximum Gasteiger partial charge on any atom is 0.154 e. The summed E-state index contributed by atoms with van der Waals surface area (Å²) in [6.07, 6.45) is 5.33. The number of nitrogens with zero attached hydrogens (tertiary/aromatic N) is 3. The van der Waals surface area contributed by atoms with Crippen LogP contribution in [0.5, 0.6) is 5.75 Å². The molecule has 0 saturated heterocycles. The SMILES string of the molecule is COc1ccc2cc(-c3cnc4ccc(NC5CCC(O)CC5)nn34)ccc2c1. The Morgan fingerprint density at radius 1 is 1.00 bits per heavy atom. The number of aromatic nitrogens is 3. The fourth-order valence-electron chi connectivity index (χ4n) is 4.09. The molecule has 2 aromatic carbocycles. The first kappa shape index (κ1) is 17.9. The topological polar surface area (TPSA) is 71.7 Å². The fourth-order valence-corrected chi connectivity index (χ4v) is 4.09. The second-order valence-electron chi connectivity index (χ2n) is 7.71. The lowest BCUT2D eigenvalue weighted by Crippen LogP contribution is -2.28. The van der Waals surface area contributed by atoms with Gasteiger partial charge in [0.2, 0.25) is 0 Å². The fraction of sp³-hybridized carbons (Fsp3) is 0.304. The van der Waals surface area contributed by atoms with Gasteiger partial charge in [0.25, 0.3) is 0 Å². The Morgan fingerprint density at radius 3 is 2.62 bits per heavy atom. The number of rotatable bonds is 4. The van der Waals surface area contributed by atoms with E-state index in [1.165, 1.54) is 0 Å². The molecule has 0 radical (unpaired) electrons. The molecule has 148 valence electrons. The molecule has 2 N–H and O–H groups in total. The highest BCUT2D eigenvalue weighted by molar-refractivity contribution is 5.88. The van der Waals surface area contributed by atoms with Crippen LogP contribution in [0.25, 0.3) is 27.7 Å². The highest BCUT2D eigenvalue weighted by atomic mass is 16.5. The van der Waals surface area contributed by atoms with Gasteiger partial charge in [-0.05, 0) is 66.8 Å². The van der Waals surface area contributed by atoms with Gasteiger partial charge >= 0.3 is 0 Å². The summed E-state index contributed by atoms with van der Waals surface area (Å²) in [6, 6.07) is 16.7. The third-order valence-electron chi connectivity index (χ3n) is 5.75. The van der Waals surface area contributed by atoms with E-state index >= 15 is 0 Å². The van der Waals surface area contributed by atoms with Crippen molar-refractivity contribution in [1.29, 1.82) is 0 Å².